The molecule has 2 aromatic rings. The van der Waals surface area contributed by atoms with Gasteiger partial charge in [0, 0.05) is 25.2 Å². The molecule has 0 unspecified atom stereocenters. The minimum absolute atomic E-state index is 0.186. The number of aromatic nitrogens is 2. The Labute approximate surface area is 104 Å². The molecule has 0 aliphatic carbocycles. The van der Waals surface area contributed by atoms with Gasteiger partial charge in [0.1, 0.15) is 5.69 Å². The van der Waals surface area contributed by atoms with Crippen LogP contribution < -0.4 is 0 Å². The van der Waals surface area contributed by atoms with Crippen LogP contribution >= 0.6 is 0 Å². The first-order valence-corrected chi connectivity index (χ1v) is 5.78. The number of H-pyrrole nitrogens is 1. The predicted molar refractivity (Wildman–Crippen MR) is 64.9 cm³/mol. The number of nitrogens with one attached hydrogen (secondary N) is 1. The Kier molecular flexibility index (Phi) is 2.60. The van der Waals surface area contributed by atoms with Crippen molar-refractivity contribution in [3.8, 4) is 0 Å². The molecular weight excluding hydrogens is 230 g/mol. The van der Waals surface area contributed by atoms with Gasteiger partial charge in [-0.15, -0.1) is 0 Å². The van der Waals surface area contributed by atoms with Gasteiger partial charge in [-0.1, -0.05) is 24.3 Å². The normalized spacial score (nSPS) is 14.7. The second kappa shape index (κ2) is 4.27. The van der Waals surface area contributed by atoms with Crippen molar-refractivity contribution in [1.82, 2.24) is 15.1 Å². The van der Waals surface area contributed by atoms with Crippen molar-refractivity contribution in [3.63, 3.8) is 0 Å². The van der Waals surface area contributed by atoms with E-state index in [0.29, 0.717) is 6.54 Å². The van der Waals surface area contributed by atoms with Crippen LogP contribution in [0.2, 0.25) is 0 Å². The maximum atomic E-state index is 11.0. The van der Waals surface area contributed by atoms with Gasteiger partial charge in [-0.3, -0.25) is 10.00 Å². The van der Waals surface area contributed by atoms with Crippen LogP contribution in [0.1, 0.15) is 27.2 Å². The lowest BCUT2D eigenvalue weighted by Crippen LogP contribution is -2.17. The highest BCUT2D eigenvalue weighted by molar-refractivity contribution is 5.86. The van der Waals surface area contributed by atoms with Crippen LogP contribution in [0.15, 0.2) is 30.5 Å². The zero-order chi connectivity index (χ0) is 12.5. The summed E-state index contributed by atoms with van der Waals surface area (Å²) in [6.45, 7) is 2.33. The molecule has 2 heterocycles. The Bertz CT molecular complexity index is 566. The Morgan fingerprint density at radius 3 is 2.61 bits per heavy atom. The monoisotopic (exact) mass is 243 g/mol. The number of carboxylic acid groups (broad SMARTS) is 1. The summed E-state index contributed by atoms with van der Waals surface area (Å²) in [7, 11) is 0. The fourth-order valence-corrected chi connectivity index (χ4v) is 2.37. The molecule has 92 valence electrons. The number of aromatic amines is 1. The van der Waals surface area contributed by atoms with Crippen LogP contribution in [0.3, 0.4) is 0 Å². The van der Waals surface area contributed by atoms with E-state index in [1.165, 1.54) is 11.1 Å². The molecule has 0 amide bonds. The number of carboxylic acids is 1. The van der Waals surface area contributed by atoms with Crippen LogP contribution in [0, 0.1) is 0 Å². The third-order valence-corrected chi connectivity index (χ3v) is 3.23. The van der Waals surface area contributed by atoms with Crippen molar-refractivity contribution in [2.75, 3.05) is 0 Å². The van der Waals surface area contributed by atoms with Gasteiger partial charge >= 0.3 is 5.97 Å². The van der Waals surface area contributed by atoms with Crippen LogP contribution in [-0.4, -0.2) is 26.2 Å². The average molecular weight is 243 g/mol. The number of hydrogen-bond donors (Lipinski definition) is 2. The average Bonchev–Trinajstić information content (AvgIpc) is 2.94. The van der Waals surface area contributed by atoms with Gasteiger partial charge < -0.3 is 5.11 Å². The van der Waals surface area contributed by atoms with E-state index in [4.69, 9.17) is 5.11 Å². The van der Waals surface area contributed by atoms with E-state index in [1.807, 2.05) is 12.1 Å². The minimum Gasteiger partial charge on any atom is -0.477 e. The maximum Gasteiger partial charge on any atom is 0.354 e. The van der Waals surface area contributed by atoms with Crippen LogP contribution in [0.5, 0.6) is 0 Å². The molecule has 1 aromatic carbocycles. The molecule has 0 spiro atoms. The molecule has 5 nitrogen and oxygen atoms in total. The van der Waals surface area contributed by atoms with Gasteiger partial charge in [-0.2, -0.15) is 5.10 Å². The lowest BCUT2D eigenvalue weighted by atomic mass is 10.1. The molecule has 3 rings (SSSR count). The highest BCUT2D eigenvalue weighted by Gasteiger charge is 2.21. The third kappa shape index (κ3) is 1.89. The van der Waals surface area contributed by atoms with Crippen molar-refractivity contribution < 1.29 is 9.90 Å². The lowest BCUT2D eigenvalue weighted by molar-refractivity contribution is 0.0688. The van der Waals surface area contributed by atoms with Gasteiger partial charge in [0.05, 0.1) is 6.20 Å². The van der Waals surface area contributed by atoms with Crippen LogP contribution in [0.25, 0.3) is 0 Å². The molecule has 0 bridgehead atoms. The molecule has 1 aliphatic heterocycles. The second-order valence-corrected chi connectivity index (χ2v) is 4.49. The highest BCUT2D eigenvalue weighted by Crippen LogP contribution is 2.24. The molecular formula is C13H13N3O2. The number of benzene rings is 1. The number of carbonyl (C=O) groups is 1. The molecule has 18 heavy (non-hydrogen) atoms. The SMILES string of the molecule is O=C(O)c1[nH]ncc1CN1Cc2ccccc2C1. The highest BCUT2D eigenvalue weighted by atomic mass is 16.4. The summed E-state index contributed by atoms with van der Waals surface area (Å²) in [4.78, 5) is 13.2. The van der Waals surface area contributed by atoms with Gasteiger partial charge in [0.25, 0.3) is 0 Å². The first-order chi connectivity index (χ1) is 8.74. The smallest absolute Gasteiger partial charge is 0.354 e. The first kappa shape index (κ1) is 11.0. The molecule has 0 atom stereocenters. The number of nitrogens with zero attached hydrogens (tertiary/aromatic N) is 2. The lowest BCUT2D eigenvalue weighted by Gasteiger charge is -2.13. The zero-order valence-corrected chi connectivity index (χ0v) is 9.76. The standard InChI is InChI=1S/C13H13N3O2/c17-13(18)12-11(5-14-15-12)8-16-6-9-3-1-2-4-10(9)7-16/h1-5H,6-8H2,(H,14,15)(H,17,18). The van der Waals surface area contributed by atoms with E-state index < -0.39 is 5.97 Å². The molecule has 0 saturated heterocycles. The van der Waals surface area contributed by atoms with E-state index in [2.05, 4.69) is 27.2 Å². The molecule has 2 N–H and O–H groups in total. The van der Waals surface area contributed by atoms with E-state index in [9.17, 15) is 4.79 Å². The van der Waals surface area contributed by atoms with Gasteiger partial charge in [0.15, 0.2) is 0 Å². The van der Waals surface area contributed by atoms with E-state index in [0.717, 1.165) is 18.7 Å². The summed E-state index contributed by atoms with van der Waals surface area (Å²) in [5.41, 5.74) is 3.55. The van der Waals surface area contributed by atoms with E-state index in [1.54, 1.807) is 6.20 Å². The molecule has 1 aliphatic rings. The summed E-state index contributed by atoms with van der Waals surface area (Å²) in [5.74, 6) is -0.959. The fourth-order valence-electron chi connectivity index (χ4n) is 2.37. The number of aromatic carboxylic acids is 1. The molecule has 5 heteroatoms. The van der Waals surface area contributed by atoms with E-state index >= 15 is 0 Å². The summed E-state index contributed by atoms with van der Waals surface area (Å²) in [6.07, 6.45) is 1.59. The second-order valence-electron chi connectivity index (χ2n) is 4.49. The molecule has 0 saturated carbocycles. The number of rotatable bonds is 3. The fraction of sp³-hybridized carbons (Fsp3) is 0.231. The van der Waals surface area contributed by atoms with Gasteiger partial charge in [-0.25, -0.2) is 4.79 Å². The Morgan fingerprint density at radius 2 is 2.00 bits per heavy atom. The number of hydrogen-bond acceptors (Lipinski definition) is 3. The van der Waals surface area contributed by atoms with Crippen molar-refractivity contribution in [3.05, 3.63) is 52.8 Å². The topological polar surface area (TPSA) is 69.2 Å². The van der Waals surface area contributed by atoms with Crippen molar-refractivity contribution in [1.29, 1.82) is 0 Å². The Morgan fingerprint density at radius 1 is 1.33 bits per heavy atom. The van der Waals surface area contributed by atoms with Crippen LogP contribution in [0.4, 0.5) is 0 Å². The third-order valence-electron chi connectivity index (χ3n) is 3.23. The summed E-state index contributed by atoms with van der Waals surface area (Å²) < 4.78 is 0. The maximum absolute atomic E-state index is 11.0. The predicted octanol–water partition coefficient (Wildman–Crippen LogP) is 1.62. The Balaban J connectivity index is 1.76. The summed E-state index contributed by atoms with van der Waals surface area (Å²) >= 11 is 0. The van der Waals surface area contributed by atoms with Gasteiger partial charge in [0.2, 0.25) is 0 Å². The van der Waals surface area contributed by atoms with Crippen LogP contribution in [-0.2, 0) is 19.6 Å². The minimum atomic E-state index is -0.959. The molecule has 0 fully saturated rings. The Hall–Kier alpha value is -2.14. The van der Waals surface area contributed by atoms with Gasteiger partial charge in [-0.05, 0) is 11.1 Å². The van der Waals surface area contributed by atoms with Crippen molar-refractivity contribution >= 4 is 5.97 Å². The zero-order valence-electron chi connectivity index (χ0n) is 9.76. The summed E-state index contributed by atoms with van der Waals surface area (Å²) in [6, 6.07) is 8.29. The largest absolute Gasteiger partial charge is 0.477 e. The molecule has 0 radical (unpaired) electrons. The summed E-state index contributed by atoms with van der Waals surface area (Å²) in [5, 5.41) is 15.3. The quantitative estimate of drug-likeness (QED) is 0.859. The van der Waals surface area contributed by atoms with Crippen molar-refractivity contribution in [2.45, 2.75) is 19.6 Å². The number of fused-ring (bicyclic) bond motifs is 1. The van der Waals surface area contributed by atoms with Crippen molar-refractivity contribution in [2.24, 2.45) is 0 Å². The first-order valence-electron chi connectivity index (χ1n) is 5.78. The molecule has 1 aromatic heterocycles. The van der Waals surface area contributed by atoms with E-state index in [-0.39, 0.29) is 5.69 Å².